The molecule has 0 aliphatic carbocycles. The van der Waals surface area contributed by atoms with E-state index >= 15 is 0 Å². The fraction of sp³-hybridized carbons (Fsp3) is 0.647. The number of ether oxygens (including phenoxy) is 1. The maximum absolute atomic E-state index is 11.9. The third kappa shape index (κ3) is 6.22. The van der Waals surface area contributed by atoms with Crippen LogP contribution in [0.3, 0.4) is 0 Å². The number of hydrogen-bond donors (Lipinski definition) is 6. The number of nitrogens with zero attached hydrogens (tertiary/aromatic N) is 2. The van der Waals surface area contributed by atoms with Gasteiger partial charge in [0.15, 0.2) is 13.2 Å². The summed E-state index contributed by atoms with van der Waals surface area (Å²) >= 11 is 0. The minimum absolute atomic E-state index is 0.0217. The zero-order chi connectivity index (χ0) is 21.6. The van der Waals surface area contributed by atoms with Crippen LogP contribution in [-0.4, -0.2) is 83.7 Å². The number of nitrogens with two attached hydrogens (primary N) is 1. The molecule has 0 bridgehead atoms. The normalized spacial score (nSPS) is 24.0. The lowest BCUT2D eigenvalue weighted by atomic mass is 9.88. The summed E-state index contributed by atoms with van der Waals surface area (Å²) in [7, 11) is 3.72. The molecule has 12 heteroatoms. The molecular weight excluding hydrogens is 384 g/mol. The highest BCUT2D eigenvalue weighted by atomic mass is 16.5. The summed E-state index contributed by atoms with van der Waals surface area (Å²) < 4.78 is 9.33. The SMILES string of the molecule is Cn1cc([C@@H]2CO[C@H](CNC(=O)CNC(=O)CNC(=O)CN)[C@H](O)[C@@H]2O)c[n+]1C. The van der Waals surface area contributed by atoms with Gasteiger partial charge in [0.05, 0.1) is 45.6 Å². The monoisotopic (exact) mass is 413 g/mol. The molecule has 3 amide bonds. The second-order valence-electron chi connectivity index (χ2n) is 6.93. The molecule has 1 aromatic rings. The summed E-state index contributed by atoms with van der Waals surface area (Å²) in [5.41, 5.74) is 5.94. The molecule has 1 saturated heterocycles. The molecule has 0 unspecified atom stereocenters. The van der Waals surface area contributed by atoms with Gasteiger partial charge < -0.3 is 36.6 Å². The number of carbonyl (C=O) groups excluding carboxylic acids is 3. The number of rotatable bonds is 8. The van der Waals surface area contributed by atoms with E-state index in [9.17, 15) is 24.6 Å². The van der Waals surface area contributed by atoms with Crippen LogP contribution in [0.2, 0.25) is 0 Å². The van der Waals surface area contributed by atoms with Crippen molar-refractivity contribution in [2.45, 2.75) is 24.2 Å². The van der Waals surface area contributed by atoms with Crippen LogP contribution >= 0.6 is 0 Å². The number of carbonyl (C=O) groups is 3. The summed E-state index contributed by atoms with van der Waals surface area (Å²) in [6, 6.07) is 0. The average molecular weight is 413 g/mol. The van der Waals surface area contributed by atoms with Crippen molar-refractivity contribution in [3.63, 3.8) is 0 Å². The number of aromatic nitrogens is 2. The number of amides is 3. The molecular formula is C17H29N6O6+. The van der Waals surface area contributed by atoms with Crippen molar-refractivity contribution in [2.75, 3.05) is 32.8 Å². The van der Waals surface area contributed by atoms with Gasteiger partial charge in [-0.15, -0.1) is 4.68 Å². The van der Waals surface area contributed by atoms with Gasteiger partial charge in [-0.3, -0.25) is 14.4 Å². The second-order valence-corrected chi connectivity index (χ2v) is 6.93. The molecule has 162 valence electrons. The molecule has 2 rings (SSSR count). The van der Waals surface area contributed by atoms with E-state index in [0.717, 1.165) is 5.56 Å². The molecule has 1 fully saturated rings. The molecule has 29 heavy (non-hydrogen) atoms. The van der Waals surface area contributed by atoms with Gasteiger partial charge in [-0.05, 0) is 0 Å². The van der Waals surface area contributed by atoms with E-state index < -0.39 is 36.0 Å². The molecule has 0 aromatic carbocycles. The molecule has 12 nitrogen and oxygen atoms in total. The number of nitrogens with one attached hydrogen (secondary N) is 3. The Labute approximate surface area is 168 Å². The van der Waals surface area contributed by atoms with Crippen LogP contribution in [-0.2, 0) is 33.2 Å². The van der Waals surface area contributed by atoms with E-state index in [1.807, 2.05) is 35.9 Å². The molecule has 2 heterocycles. The van der Waals surface area contributed by atoms with Gasteiger partial charge >= 0.3 is 0 Å². The molecule has 7 N–H and O–H groups in total. The lowest BCUT2D eigenvalue weighted by molar-refractivity contribution is -0.751. The minimum Gasteiger partial charge on any atom is -0.390 e. The Kier molecular flexibility index (Phi) is 8.08. The van der Waals surface area contributed by atoms with Crippen molar-refractivity contribution in [2.24, 2.45) is 19.8 Å². The largest absolute Gasteiger partial charge is 0.390 e. The summed E-state index contributed by atoms with van der Waals surface area (Å²) in [4.78, 5) is 34.3. The van der Waals surface area contributed by atoms with Crippen LogP contribution in [0, 0.1) is 0 Å². The Hall–Kier alpha value is -2.54. The number of aliphatic hydroxyl groups is 2. The van der Waals surface area contributed by atoms with Crippen molar-refractivity contribution >= 4 is 17.7 Å². The molecule has 4 atom stereocenters. The standard InChI is InChI=1S/C17H28N6O6/c1-22-7-10(8-23(22)2)11-9-29-12(17(28)16(11)27)4-19-14(25)6-21-15(26)5-20-13(24)3-18/h7-8,11-12,16-17,27-28H,3-6,9,18H2,1-2H3,(H2-,19,20,21,24,25,26)/p+1/t11-,12+,16+,17-/m0/s1. The Morgan fingerprint density at radius 2 is 1.79 bits per heavy atom. The van der Waals surface area contributed by atoms with E-state index in [1.165, 1.54) is 0 Å². The van der Waals surface area contributed by atoms with E-state index in [1.54, 1.807) is 0 Å². The van der Waals surface area contributed by atoms with Gasteiger partial charge in [-0.2, -0.15) is 4.68 Å². The topological polar surface area (TPSA) is 172 Å². The van der Waals surface area contributed by atoms with Crippen molar-refractivity contribution in [1.29, 1.82) is 0 Å². The summed E-state index contributed by atoms with van der Waals surface area (Å²) in [6.07, 6.45) is 0.705. The van der Waals surface area contributed by atoms with Crippen LogP contribution < -0.4 is 26.4 Å². The van der Waals surface area contributed by atoms with Crippen LogP contribution in [0.5, 0.6) is 0 Å². The number of hydrogen-bond acceptors (Lipinski definition) is 7. The maximum atomic E-state index is 11.9. The predicted molar refractivity (Wildman–Crippen MR) is 99.2 cm³/mol. The van der Waals surface area contributed by atoms with Crippen molar-refractivity contribution in [3.05, 3.63) is 18.0 Å². The minimum atomic E-state index is -1.18. The Morgan fingerprint density at radius 1 is 1.17 bits per heavy atom. The fourth-order valence-electron chi connectivity index (χ4n) is 2.96. The lowest BCUT2D eigenvalue weighted by Gasteiger charge is -2.37. The first-order valence-corrected chi connectivity index (χ1v) is 9.23. The van der Waals surface area contributed by atoms with Crippen LogP contribution in [0.1, 0.15) is 11.5 Å². The summed E-state index contributed by atoms with van der Waals surface area (Å²) in [6.45, 7) is -0.635. The first-order chi connectivity index (χ1) is 13.7. The highest BCUT2D eigenvalue weighted by molar-refractivity contribution is 5.88. The quantitative estimate of drug-likeness (QED) is 0.233. The molecule has 0 spiro atoms. The van der Waals surface area contributed by atoms with Crippen LogP contribution in [0.4, 0.5) is 0 Å². The maximum Gasteiger partial charge on any atom is 0.239 e. The predicted octanol–water partition coefficient (Wildman–Crippen LogP) is -4.64. The molecule has 0 saturated carbocycles. The lowest BCUT2D eigenvalue weighted by Crippen LogP contribution is -2.53. The van der Waals surface area contributed by atoms with Gasteiger partial charge in [-0.25, -0.2) is 0 Å². The molecule has 0 radical (unpaired) electrons. The average Bonchev–Trinajstić information content (AvgIpc) is 3.03. The van der Waals surface area contributed by atoms with E-state index in [0.29, 0.717) is 0 Å². The summed E-state index contributed by atoms with van der Waals surface area (Å²) in [5.74, 6) is -1.89. The third-order valence-electron chi connectivity index (χ3n) is 4.81. The van der Waals surface area contributed by atoms with E-state index in [2.05, 4.69) is 16.0 Å². The fourth-order valence-corrected chi connectivity index (χ4v) is 2.96. The molecule has 1 aromatic heterocycles. The third-order valence-corrected chi connectivity index (χ3v) is 4.81. The second kappa shape index (κ2) is 10.3. The Bertz CT molecular complexity index is 718. The van der Waals surface area contributed by atoms with Gasteiger partial charge in [0.1, 0.15) is 12.2 Å². The zero-order valence-electron chi connectivity index (χ0n) is 16.5. The van der Waals surface area contributed by atoms with E-state index in [4.69, 9.17) is 10.5 Å². The number of aryl methyl sites for hydroxylation is 2. The van der Waals surface area contributed by atoms with Gasteiger partial charge in [0.2, 0.25) is 17.7 Å². The van der Waals surface area contributed by atoms with Gasteiger partial charge in [0.25, 0.3) is 0 Å². The van der Waals surface area contributed by atoms with Crippen molar-refractivity contribution in [1.82, 2.24) is 20.6 Å². The first-order valence-electron chi connectivity index (χ1n) is 9.23. The van der Waals surface area contributed by atoms with Crippen LogP contribution in [0.25, 0.3) is 0 Å². The highest BCUT2D eigenvalue weighted by Crippen LogP contribution is 2.28. The number of aliphatic hydroxyl groups excluding tert-OH is 2. The van der Waals surface area contributed by atoms with E-state index in [-0.39, 0.29) is 38.7 Å². The smallest absolute Gasteiger partial charge is 0.239 e. The highest BCUT2D eigenvalue weighted by Gasteiger charge is 2.40. The van der Waals surface area contributed by atoms with Crippen molar-refractivity contribution in [3.8, 4) is 0 Å². The van der Waals surface area contributed by atoms with Crippen LogP contribution in [0.15, 0.2) is 12.4 Å². The Morgan fingerprint density at radius 3 is 2.38 bits per heavy atom. The van der Waals surface area contributed by atoms with Crippen molar-refractivity contribution < 1.29 is 34.0 Å². The Balaban J connectivity index is 1.75. The zero-order valence-corrected chi connectivity index (χ0v) is 16.5. The molecule has 1 aliphatic rings. The van der Waals surface area contributed by atoms with Gasteiger partial charge in [0, 0.05) is 18.0 Å². The van der Waals surface area contributed by atoms with Gasteiger partial charge in [-0.1, -0.05) is 0 Å². The summed E-state index contributed by atoms with van der Waals surface area (Å²) in [5, 5.41) is 28.0. The first kappa shape index (κ1) is 22.7. The molecule has 1 aliphatic heterocycles.